The average molecular weight is 356 g/mol. The number of nitrogens with one attached hydrogen (secondary N) is 1. The van der Waals surface area contributed by atoms with Crippen molar-refractivity contribution in [2.75, 3.05) is 0 Å². The Morgan fingerprint density at radius 1 is 1.17 bits per heavy atom. The molecule has 24 heavy (non-hydrogen) atoms. The van der Waals surface area contributed by atoms with Crippen LogP contribution < -0.4 is 15.9 Å². The third kappa shape index (κ3) is 5.94. The minimum absolute atomic E-state index is 0. The molecular weight excluding hydrogens is 340 g/mol. The first kappa shape index (κ1) is 19.5. The number of amides is 1. The van der Waals surface area contributed by atoms with Crippen LogP contribution in [0, 0.1) is 0 Å². The normalized spacial score (nSPS) is 10.5. The monoisotopic (exact) mass is 355 g/mol. The number of hydrogen-bond donors (Lipinski definition) is 2. The predicted molar refractivity (Wildman–Crippen MR) is 89.7 cm³/mol. The molecule has 2 aromatic carbocycles. The molecule has 0 unspecified atom stereocenters. The summed E-state index contributed by atoms with van der Waals surface area (Å²) in [6.45, 7) is -2.45. The van der Waals surface area contributed by atoms with Crippen molar-refractivity contribution in [3.05, 3.63) is 65.2 Å². The molecule has 0 heterocycles. The molecule has 0 bridgehead atoms. The molecular formula is C16H16ClF2N3O2. The Kier molecular flexibility index (Phi) is 7.81. The van der Waals surface area contributed by atoms with E-state index in [1.54, 1.807) is 36.4 Å². The van der Waals surface area contributed by atoms with Crippen molar-refractivity contribution >= 4 is 24.5 Å². The number of ether oxygens (including phenoxy) is 1. The van der Waals surface area contributed by atoms with Gasteiger partial charge in [-0.05, 0) is 47.5 Å². The van der Waals surface area contributed by atoms with Gasteiger partial charge < -0.3 is 10.5 Å². The number of benzene rings is 2. The molecule has 0 spiro atoms. The molecule has 0 aliphatic heterocycles. The highest BCUT2D eigenvalue weighted by molar-refractivity contribution is 5.94. The summed E-state index contributed by atoms with van der Waals surface area (Å²) in [6.07, 6.45) is 1.40. The molecule has 0 aromatic heterocycles. The molecule has 128 valence electrons. The molecule has 0 fully saturated rings. The third-order valence-electron chi connectivity index (χ3n) is 2.94. The van der Waals surface area contributed by atoms with E-state index in [0.717, 1.165) is 5.56 Å². The highest BCUT2D eigenvalue weighted by Gasteiger charge is 2.04. The van der Waals surface area contributed by atoms with E-state index in [1.807, 2.05) is 0 Å². The van der Waals surface area contributed by atoms with Gasteiger partial charge in [-0.1, -0.05) is 12.1 Å². The predicted octanol–water partition coefficient (Wildman–Crippen LogP) is 2.93. The van der Waals surface area contributed by atoms with E-state index in [4.69, 9.17) is 5.73 Å². The summed E-state index contributed by atoms with van der Waals surface area (Å²) in [5, 5.41) is 3.81. The van der Waals surface area contributed by atoms with E-state index in [2.05, 4.69) is 15.3 Å². The number of nitrogens with two attached hydrogens (primary N) is 1. The number of nitrogens with zero attached hydrogens (tertiary/aromatic N) is 1. The van der Waals surface area contributed by atoms with Crippen LogP contribution in [0.25, 0.3) is 0 Å². The number of rotatable bonds is 6. The molecule has 2 aromatic rings. The van der Waals surface area contributed by atoms with Gasteiger partial charge in [0.2, 0.25) is 0 Å². The van der Waals surface area contributed by atoms with Gasteiger partial charge in [0, 0.05) is 12.1 Å². The maximum Gasteiger partial charge on any atom is 0.387 e. The van der Waals surface area contributed by atoms with Crippen LogP contribution in [0.5, 0.6) is 5.75 Å². The second-order valence-electron chi connectivity index (χ2n) is 4.55. The van der Waals surface area contributed by atoms with Crippen LogP contribution in [-0.4, -0.2) is 18.7 Å². The first-order valence-corrected chi connectivity index (χ1v) is 6.76. The van der Waals surface area contributed by atoms with Gasteiger partial charge in [-0.3, -0.25) is 4.79 Å². The number of hydrazone groups is 1. The van der Waals surface area contributed by atoms with Crippen molar-refractivity contribution in [2.24, 2.45) is 10.8 Å². The fourth-order valence-corrected chi connectivity index (χ4v) is 1.76. The molecule has 2 rings (SSSR count). The fraction of sp³-hybridized carbons (Fsp3) is 0.125. The summed E-state index contributed by atoms with van der Waals surface area (Å²) in [4.78, 5) is 11.9. The zero-order valence-electron chi connectivity index (χ0n) is 12.5. The van der Waals surface area contributed by atoms with Crippen LogP contribution in [-0.2, 0) is 6.54 Å². The summed E-state index contributed by atoms with van der Waals surface area (Å²) < 4.78 is 28.3. The number of carbonyl (C=O) groups is 1. The van der Waals surface area contributed by atoms with Gasteiger partial charge in [0.15, 0.2) is 0 Å². The van der Waals surface area contributed by atoms with E-state index in [9.17, 15) is 13.6 Å². The minimum Gasteiger partial charge on any atom is -0.435 e. The topological polar surface area (TPSA) is 76.7 Å². The lowest BCUT2D eigenvalue weighted by molar-refractivity contribution is -0.0498. The van der Waals surface area contributed by atoms with Crippen molar-refractivity contribution in [1.29, 1.82) is 0 Å². The Morgan fingerprint density at radius 2 is 1.79 bits per heavy atom. The second kappa shape index (κ2) is 9.59. The summed E-state index contributed by atoms with van der Waals surface area (Å²) in [5.74, 6) is -0.302. The van der Waals surface area contributed by atoms with Crippen LogP contribution in [0.4, 0.5) is 8.78 Å². The minimum atomic E-state index is -2.86. The van der Waals surface area contributed by atoms with E-state index in [1.165, 1.54) is 18.3 Å². The van der Waals surface area contributed by atoms with Crippen LogP contribution in [0.1, 0.15) is 21.5 Å². The van der Waals surface area contributed by atoms with Crippen molar-refractivity contribution < 1.29 is 18.3 Å². The summed E-state index contributed by atoms with van der Waals surface area (Å²) in [5.41, 5.74) is 9.88. The number of halogens is 3. The Balaban J connectivity index is 0.00000288. The second-order valence-corrected chi connectivity index (χ2v) is 4.55. The molecule has 0 saturated carbocycles. The Hall–Kier alpha value is -2.51. The van der Waals surface area contributed by atoms with E-state index >= 15 is 0 Å². The van der Waals surface area contributed by atoms with Crippen LogP contribution in [0.15, 0.2) is 53.6 Å². The third-order valence-corrected chi connectivity index (χ3v) is 2.94. The van der Waals surface area contributed by atoms with Gasteiger partial charge in [-0.25, -0.2) is 5.43 Å². The lowest BCUT2D eigenvalue weighted by Crippen LogP contribution is -2.17. The quantitative estimate of drug-likeness (QED) is 0.618. The van der Waals surface area contributed by atoms with Gasteiger partial charge in [-0.15, -0.1) is 12.4 Å². The number of hydrogen-bond acceptors (Lipinski definition) is 4. The summed E-state index contributed by atoms with van der Waals surface area (Å²) >= 11 is 0. The van der Waals surface area contributed by atoms with Gasteiger partial charge >= 0.3 is 6.61 Å². The first-order chi connectivity index (χ1) is 11.1. The molecule has 0 saturated heterocycles. The van der Waals surface area contributed by atoms with Crippen molar-refractivity contribution in [1.82, 2.24) is 5.43 Å². The Bertz CT molecular complexity index is 677. The van der Waals surface area contributed by atoms with Gasteiger partial charge in [-0.2, -0.15) is 13.9 Å². The first-order valence-electron chi connectivity index (χ1n) is 6.76. The zero-order chi connectivity index (χ0) is 16.7. The SMILES string of the molecule is Cl.NCc1ccc(C(=O)NN=Cc2ccc(OC(F)F)cc2)cc1. The summed E-state index contributed by atoms with van der Waals surface area (Å²) in [7, 11) is 0. The fourth-order valence-electron chi connectivity index (χ4n) is 1.76. The Labute approximate surface area is 143 Å². The standard InChI is InChI=1S/C16H15F2N3O2.ClH/c17-16(18)23-14-7-3-12(4-8-14)10-20-21-15(22)13-5-1-11(9-19)2-6-13;/h1-8,10,16H,9,19H2,(H,21,22);1H. The van der Waals surface area contributed by atoms with Crippen molar-refractivity contribution in [2.45, 2.75) is 13.2 Å². The Morgan fingerprint density at radius 3 is 2.33 bits per heavy atom. The molecule has 3 N–H and O–H groups in total. The highest BCUT2D eigenvalue weighted by Crippen LogP contribution is 2.13. The van der Waals surface area contributed by atoms with Crippen LogP contribution in [0.3, 0.4) is 0 Å². The maximum atomic E-state index is 12.0. The van der Waals surface area contributed by atoms with Crippen molar-refractivity contribution in [3.63, 3.8) is 0 Å². The van der Waals surface area contributed by atoms with Gasteiger partial charge in [0.1, 0.15) is 5.75 Å². The smallest absolute Gasteiger partial charge is 0.387 e. The lowest BCUT2D eigenvalue weighted by atomic mass is 10.1. The molecule has 1 amide bonds. The van der Waals surface area contributed by atoms with Crippen LogP contribution in [0.2, 0.25) is 0 Å². The van der Waals surface area contributed by atoms with Crippen molar-refractivity contribution in [3.8, 4) is 5.75 Å². The van der Waals surface area contributed by atoms with E-state index in [-0.39, 0.29) is 24.1 Å². The largest absolute Gasteiger partial charge is 0.435 e. The van der Waals surface area contributed by atoms with Gasteiger partial charge in [0.05, 0.1) is 6.21 Å². The average Bonchev–Trinajstić information content (AvgIpc) is 2.56. The zero-order valence-corrected chi connectivity index (χ0v) is 13.3. The lowest BCUT2D eigenvalue weighted by Gasteiger charge is -2.04. The maximum absolute atomic E-state index is 12.0. The highest BCUT2D eigenvalue weighted by atomic mass is 35.5. The molecule has 0 atom stereocenters. The number of carbonyl (C=O) groups excluding carboxylic acids is 1. The number of alkyl halides is 2. The molecule has 8 heteroatoms. The van der Waals surface area contributed by atoms with Gasteiger partial charge in [0.25, 0.3) is 5.91 Å². The molecule has 0 radical (unpaired) electrons. The van der Waals surface area contributed by atoms with E-state index in [0.29, 0.717) is 17.7 Å². The molecule has 0 aliphatic rings. The summed E-state index contributed by atoms with van der Waals surface area (Å²) in [6, 6.07) is 12.7. The van der Waals surface area contributed by atoms with Crippen LogP contribution >= 0.6 is 12.4 Å². The molecule has 5 nitrogen and oxygen atoms in total. The van der Waals surface area contributed by atoms with E-state index < -0.39 is 6.61 Å². The molecule has 0 aliphatic carbocycles.